The molecule has 2 unspecified atom stereocenters. The first-order valence-corrected chi connectivity index (χ1v) is 16.3. The lowest BCUT2D eigenvalue weighted by atomic mass is 9.96. The number of carbonyl (C=O) groups is 3. The van der Waals surface area contributed by atoms with Crippen LogP contribution in [0.1, 0.15) is 61.3 Å². The van der Waals surface area contributed by atoms with Gasteiger partial charge in [0.25, 0.3) is 8.32 Å². The fourth-order valence-electron chi connectivity index (χ4n) is 5.46. The first-order valence-electron chi connectivity index (χ1n) is 14.4. The van der Waals surface area contributed by atoms with E-state index in [2.05, 4.69) is 45.0 Å². The van der Waals surface area contributed by atoms with E-state index < -0.39 is 50.3 Å². The molecule has 1 saturated heterocycles. The van der Waals surface area contributed by atoms with Crippen molar-refractivity contribution in [2.24, 2.45) is 0 Å². The number of esters is 3. The van der Waals surface area contributed by atoms with Crippen LogP contribution in [-0.4, -0.2) is 70.1 Å². The third-order valence-electron chi connectivity index (χ3n) is 7.29. The van der Waals surface area contributed by atoms with Crippen molar-refractivity contribution in [3.8, 4) is 0 Å². The van der Waals surface area contributed by atoms with E-state index in [1.54, 1.807) is 0 Å². The maximum Gasteiger partial charge on any atom is 0.305 e. The molecule has 1 fully saturated rings. The van der Waals surface area contributed by atoms with Gasteiger partial charge in [0.2, 0.25) is 6.29 Å². The van der Waals surface area contributed by atoms with Crippen molar-refractivity contribution < 1.29 is 42.5 Å². The summed E-state index contributed by atoms with van der Waals surface area (Å²) in [5.41, 5.74) is -1.47. The smallest absolute Gasteiger partial charge is 0.305 e. The number of ether oxygens (including phenoxy) is 5. The maximum absolute atomic E-state index is 12.2. The highest BCUT2D eigenvalue weighted by Gasteiger charge is 2.62. The van der Waals surface area contributed by atoms with E-state index in [0.717, 1.165) is 23.2 Å². The Bertz CT molecular complexity index is 1140. The van der Waals surface area contributed by atoms with Crippen molar-refractivity contribution in [2.45, 2.75) is 90.4 Å². The summed E-state index contributed by atoms with van der Waals surface area (Å²) in [6.45, 7) is 12.2. The number of rotatable bonds is 13. The predicted molar refractivity (Wildman–Crippen MR) is 160 cm³/mol. The Labute approximate surface area is 249 Å². The standard InChI is InChI=1S/C32H44O9Si/c1-8-9-20-36-29-28(39-24(3)34)30(40-25(4)35)41-32(29,21-37-23(2)33)22-38-42(31(5,6)7,26-16-12-10-13-17-26)27-18-14-11-15-19-27/h10-19,28-30H,8-9,20-22H2,1-7H3/t28?,29?,30-,32-/m1/s1. The molecule has 0 bridgehead atoms. The monoisotopic (exact) mass is 600 g/mol. The average molecular weight is 601 g/mol. The Morgan fingerprint density at radius 2 is 1.38 bits per heavy atom. The topological polar surface area (TPSA) is 107 Å². The van der Waals surface area contributed by atoms with Gasteiger partial charge in [-0.15, -0.1) is 0 Å². The van der Waals surface area contributed by atoms with Crippen molar-refractivity contribution >= 4 is 36.6 Å². The van der Waals surface area contributed by atoms with Gasteiger partial charge in [-0.05, 0) is 21.8 Å². The van der Waals surface area contributed by atoms with E-state index in [9.17, 15) is 14.4 Å². The molecule has 2 aromatic rings. The molecule has 230 valence electrons. The first kappa shape index (κ1) is 33.4. The van der Waals surface area contributed by atoms with Crippen molar-refractivity contribution in [3.63, 3.8) is 0 Å². The summed E-state index contributed by atoms with van der Waals surface area (Å²) in [4.78, 5) is 36.4. The van der Waals surface area contributed by atoms with E-state index in [4.69, 9.17) is 28.1 Å². The first-order chi connectivity index (χ1) is 19.9. The Morgan fingerprint density at radius 1 is 0.833 bits per heavy atom. The molecular weight excluding hydrogens is 556 g/mol. The summed E-state index contributed by atoms with van der Waals surface area (Å²) < 4.78 is 36.6. The van der Waals surface area contributed by atoms with Crippen LogP contribution in [0.25, 0.3) is 0 Å². The van der Waals surface area contributed by atoms with Crippen LogP contribution in [0.4, 0.5) is 0 Å². The minimum absolute atomic E-state index is 0.0973. The Hall–Kier alpha value is -3.05. The molecule has 2 aromatic carbocycles. The third kappa shape index (κ3) is 7.66. The van der Waals surface area contributed by atoms with Crippen LogP contribution in [0.3, 0.4) is 0 Å². The fraction of sp³-hybridized carbons (Fsp3) is 0.531. The number of carbonyl (C=O) groups excluding carboxylic acids is 3. The molecule has 0 amide bonds. The van der Waals surface area contributed by atoms with Crippen molar-refractivity contribution in [2.75, 3.05) is 19.8 Å². The number of benzene rings is 2. The molecule has 3 rings (SSSR count). The lowest BCUT2D eigenvalue weighted by Crippen LogP contribution is -2.68. The zero-order valence-corrected chi connectivity index (χ0v) is 26.7. The van der Waals surface area contributed by atoms with Gasteiger partial charge in [-0.3, -0.25) is 14.4 Å². The Kier molecular flexibility index (Phi) is 11.5. The molecule has 0 spiro atoms. The lowest BCUT2D eigenvalue weighted by Gasteiger charge is -2.45. The van der Waals surface area contributed by atoms with E-state index >= 15 is 0 Å². The SMILES string of the molecule is CCCCOC1C(OC(C)=O)[C@H](OC(C)=O)O[C@]1(COC(C)=O)CO[Si](c1ccccc1)(c1ccccc1)C(C)(C)C. The van der Waals surface area contributed by atoms with Crippen LogP contribution in [0.15, 0.2) is 60.7 Å². The number of hydrogen-bond acceptors (Lipinski definition) is 9. The van der Waals surface area contributed by atoms with Gasteiger partial charge in [-0.2, -0.15) is 0 Å². The second-order valence-corrected chi connectivity index (χ2v) is 15.9. The molecular formula is C32H44O9Si. The highest BCUT2D eigenvalue weighted by molar-refractivity contribution is 6.99. The summed E-state index contributed by atoms with van der Waals surface area (Å²) in [5, 5.41) is 1.72. The van der Waals surface area contributed by atoms with Gasteiger partial charge >= 0.3 is 17.9 Å². The molecule has 1 aliphatic rings. The van der Waals surface area contributed by atoms with E-state index in [1.807, 2.05) is 43.3 Å². The quantitative estimate of drug-likeness (QED) is 0.146. The Morgan fingerprint density at radius 3 is 1.83 bits per heavy atom. The summed E-state index contributed by atoms with van der Waals surface area (Å²) in [7, 11) is -3.09. The van der Waals surface area contributed by atoms with Gasteiger partial charge in [0, 0.05) is 27.4 Å². The summed E-state index contributed by atoms with van der Waals surface area (Å²) in [6.07, 6.45) is -1.79. The van der Waals surface area contributed by atoms with Crippen LogP contribution < -0.4 is 10.4 Å². The summed E-state index contributed by atoms with van der Waals surface area (Å²) in [6, 6.07) is 20.1. The zero-order chi connectivity index (χ0) is 31.0. The van der Waals surface area contributed by atoms with Crippen LogP contribution >= 0.6 is 0 Å². The van der Waals surface area contributed by atoms with Gasteiger partial charge in [0.15, 0.2) is 11.7 Å². The number of hydrogen-bond donors (Lipinski definition) is 0. The van der Waals surface area contributed by atoms with Crippen molar-refractivity contribution in [1.82, 2.24) is 0 Å². The van der Waals surface area contributed by atoms with Gasteiger partial charge < -0.3 is 28.1 Å². The molecule has 4 atom stereocenters. The molecule has 0 saturated carbocycles. The predicted octanol–water partition coefficient (Wildman–Crippen LogP) is 3.90. The molecule has 10 heteroatoms. The molecule has 9 nitrogen and oxygen atoms in total. The van der Waals surface area contributed by atoms with Crippen molar-refractivity contribution in [3.05, 3.63) is 60.7 Å². The molecule has 1 heterocycles. The normalized spacial score (nSPS) is 22.4. The second kappa shape index (κ2) is 14.4. The van der Waals surface area contributed by atoms with E-state index in [-0.39, 0.29) is 18.3 Å². The van der Waals surface area contributed by atoms with E-state index in [1.165, 1.54) is 20.8 Å². The molecule has 0 aliphatic carbocycles. The molecule has 0 N–H and O–H groups in total. The van der Waals surface area contributed by atoms with Crippen LogP contribution in [0.2, 0.25) is 5.04 Å². The van der Waals surface area contributed by atoms with E-state index in [0.29, 0.717) is 6.61 Å². The Balaban J connectivity index is 2.19. The minimum atomic E-state index is -3.09. The highest BCUT2D eigenvalue weighted by Crippen LogP contribution is 2.41. The number of unbranched alkanes of at least 4 members (excludes halogenated alkanes) is 1. The lowest BCUT2D eigenvalue weighted by molar-refractivity contribution is -0.216. The third-order valence-corrected chi connectivity index (χ3v) is 12.3. The minimum Gasteiger partial charge on any atom is -0.463 e. The summed E-state index contributed by atoms with van der Waals surface area (Å²) >= 11 is 0. The van der Waals surface area contributed by atoms with Gasteiger partial charge in [-0.1, -0.05) is 94.8 Å². The largest absolute Gasteiger partial charge is 0.463 e. The van der Waals surface area contributed by atoms with Crippen molar-refractivity contribution in [1.29, 1.82) is 0 Å². The molecule has 1 aliphatic heterocycles. The molecule has 0 aromatic heterocycles. The van der Waals surface area contributed by atoms with Gasteiger partial charge in [-0.25, -0.2) is 0 Å². The van der Waals surface area contributed by atoms with Crippen LogP contribution in [0, 0.1) is 0 Å². The van der Waals surface area contributed by atoms with Gasteiger partial charge in [0.1, 0.15) is 12.7 Å². The van der Waals surface area contributed by atoms with Crippen LogP contribution in [-0.2, 0) is 42.5 Å². The summed E-state index contributed by atoms with van der Waals surface area (Å²) in [5.74, 6) is -1.75. The highest BCUT2D eigenvalue weighted by atomic mass is 28.4. The molecule has 42 heavy (non-hydrogen) atoms. The molecule has 0 radical (unpaired) electrons. The van der Waals surface area contributed by atoms with Crippen LogP contribution in [0.5, 0.6) is 0 Å². The average Bonchev–Trinajstić information content (AvgIpc) is 3.19. The second-order valence-electron chi connectivity index (χ2n) is 11.6. The zero-order valence-electron chi connectivity index (χ0n) is 25.7. The van der Waals surface area contributed by atoms with Gasteiger partial charge in [0.05, 0.1) is 6.61 Å². The fourth-order valence-corrected chi connectivity index (χ4v) is 10.1. The maximum atomic E-state index is 12.2.